The molecular formula is C18H18Cl2FN3O3S. The maximum Gasteiger partial charge on any atom is 0.243 e. The van der Waals surface area contributed by atoms with Gasteiger partial charge >= 0.3 is 0 Å². The molecule has 0 spiro atoms. The van der Waals surface area contributed by atoms with Crippen molar-refractivity contribution in [3.8, 4) is 0 Å². The van der Waals surface area contributed by atoms with Gasteiger partial charge in [0.1, 0.15) is 5.82 Å². The summed E-state index contributed by atoms with van der Waals surface area (Å²) in [5.74, 6) is -0.756. The number of carbonyl (C=O) groups excluding carboxylic acids is 1. The molecular weight excluding hydrogens is 428 g/mol. The topological polar surface area (TPSA) is 69.7 Å². The van der Waals surface area contributed by atoms with Crippen LogP contribution in [0.3, 0.4) is 0 Å². The van der Waals surface area contributed by atoms with Crippen LogP contribution in [0, 0.1) is 5.82 Å². The highest BCUT2D eigenvalue weighted by atomic mass is 35.5. The van der Waals surface area contributed by atoms with Crippen LogP contribution in [0.1, 0.15) is 0 Å². The lowest BCUT2D eigenvalue weighted by Crippen LogP contribution is -2.50. The van der Waals surface area contributed by atoms with E-state index in [4.69, 9.17) is 23.2 Å². The molecule has 10 heteroatoms. The van der Waals surface area contributed by atoms with Crippen LogP contribution < -0.4 is 5.32 Å². The second-order valence-electron chi connectivity index (χ2n) is 6.28. The Hall–Kier alpha value is -1.71. The van der Waals surface area contributed by atoms with Crippen molar-refractivity contribution in [3.05, 3.63) is 58.3 Å². The standard InChI is InChI=1S/C18H18Cl2FN3O3S/c19-15-2-1-3-16(18(15)20)22-17(25)12-23-8-10-24(11-9-23)28(26,27)14-6-4-13(21)5-7-14/h1-7H,8-12H2,(H,22,25). The highest BCUT2D eigenvalue weighted by molar-refractivity contribution is 7.89. The van der Waals surface area contributed by atoms with Crippen molar-refractivity contribution in [2.45, 2.75) is 4.90 Å². The molecule has 1 amide bonds. The van der Waals surface area contributed by atoms with E-state index >= 15 is 0 Å². The van der Waals surface area contributed by atoms with Crippen molar-refractivity contribution >= 4 is 44.8 Å². The fraction of sp³-hybridized carbons (Fsp3) is 0.278. The van der Waals surface area contributed by atoms with Crippen molar-refractivity contribution < 1.29 is 17.6 Å². The van der Waals surface area contributed by atoms with Gasteiger partial charge < -0.3 is 5.32 Å². The van der Waals surface area contributed by atoms with Crippen LogP contribution in [0.2, 0.25) is 10.0 Å². The number of hydrogen-bond donors (Lipinski definition) is 1. The number of anilines is 1. The number of sulfonamides is 1. The van der Waals surface area contributed by atoms with Crippen molar-refractivity contribution in [2.24, 2.45) is 0 Å². The molecule has 6 nitrogen and oxygen atoms in total. The molecule has 3 rings (SSSR count). The zero-order valence-electron chi connectivity index (χ0n) is 14.7. The molecule has 0 saturated carbocycles. The summed E-state index contributed by atoms with van der Waals surface area (Å²) in [5, 5.41) is 3.32. The van der Waals surface area contributed by atoms with Crippen LogP contribution in [0.25, 0.3) is 0 Å². The van der Waals surface area contributed by atoms with Gasteiger partial charge in [-0.15, -0.1) is 0 Å². The summed E-state index contributed by atoms with van der Waals surface area (Å²) in [6, 6.07) is 9.70. The summed E-state index contributed by atoms with van der Waals surface area (Å²) >= 11 is 12.0. The first-order chi connectivity index (χ1) is 13.3. The normalized spacial score (nSPS) is 16.1. The Bertz CT molecular complexity index is 963. The van der Waals surface area contributed by atoms with Gasteiger partial charge in [0, 0.05) is 26.2 Å². The Morgan fingerprint density at radius 2 is 1.68 bits per heavy atom. The van der Waals surface area contributed by atoms with E-state index in [0.29, 0.717) is 23.8 Å². The number of amides is 1. The average Bonchev–Trinajstić information content (AvgIpc) is 2.66. The van der Waals surface area contributed by atoms with Gasteiger partial charge in [0.25, 0.3) is 0 Å². The Balaban J connectivity index is 1.56. The molecule has 0 bridgehead atoms. The molecule has 0 aliphatic carbocycles. The molecule has 0 aromatic heterocycles. The number of piperazine rings is 1. The second kappa shape index (κ2) is 8.75. The van der Waals surface area contributed by atoms with E-state index in [2.05, 4.69) is 5.32 Å². The van der Waals surface area contributed by atoms with Gasteiger partial charge in [-0.1, -0.05) is 29.3 Å². The summed E-state index contributed by atoms with van der Waals surface area (Å²) in [5.41, 5.74) is 0.427. The maximum absolute atomic E-state index is 13.0. The van der Waals surface area contributed by atoms with Crippen molar-refractivity contribution in [1.82, 2.24) is 9.21 Å². The Kier molecular flexibility index (Phi) is 6.57. The van der Waals surface area contributed by atoms with Gasteiger partial charge in [-0.3, -0.25) is 9.69 Å². The van der Waals surface area contributed by atoms with Crippen molar-refractivity contribution in [3.63, 3.8) is 0 Å². The monoisotopic (exact) mass is 445 g/mol. The number of rotatable bonds is 5. The zero-order valence-corrected chi connectivity index (χ0v) is 17.1. The Morgan fingerprint density at radius 1 is 1.04 bits per heavy atom. The smallest absolute Gasteiger partial charge is 0.243 e. The van der Waals surface area contributed by atoms with Crippen LogP contribution in [-0.4, -0.2) is 56.3 Å². The molecule has 1 saturated heterocycles. The molecule has 0 unspecified atom stereocenters. The molecule has 1 heterocycles. The summed E-state index contributed by atoms with van der Waals surface area (Å²) in [7, 11) is -3.68. The van der Waals surface area contributed by atoms with Crippen LogP contribution in [0.5, 0.6) is 0 Å². The molecule has 2 aromatic rings. The van der Waals surface area contributed by atoms with E-state index in [1.807, 2.05) is 4.90 Å². The summed E-state index contributed by atoms with van der Waals surface area (Å²) in [6.07, 6.45) is 0. The summed E-state index contributed by atoms with van der Waals surface area (Å²) in [6.45, 7) is 1.39. The minimum atomic E-state index is -3.68. The predicted octanol–water partition coefficient (Wildman–Crippen LogP) is 3.08. The minimum absolute atomic E-state index is 0.0516. The fourth-order valence-electron chi connectivity index (χ4n) is 2.88. The average molecular weight is 446 g/mol. The number of nitrogens with one attached hydrogen (secondary N) is 1. The third-order valence-electron chi connectivity index (χ3n) is 4.38. The van der Waals surface area contributed by atoms with Crippen molar-refractivity contribution in [1.29, 1.82) is 0 Å². The Labute approximate surface area is 172 Å². The summed E-state index contributed by atoms with van der Waals surface area (Å²) in [4.78, 5) is 14.2. The molecule has 1 aliphatic rings. The van der Waals surface area contributed by atoms with Crippen LogP contribution in [0.4, 0.5) is 10.1 Å². The van der Waals surface area contributed by atoms with Crippen LogP contribution in [0.15, 0.2) is 47.4 Å². The number of nitrogens with zero attached hydrogens (tertiary/aromatic N) is 2. The van der Waals surface area contributed by atoms with Gasteiger partial charge in [-0.2, -0.15) is 4.31 Å². The van der Waals surface area contributed by atoms with Gasteiger partial charge in [0.05, 0.1) is 27.2 Å². The lowest BCUT2D eigenvalue weighted by atomic mass is 10.3. The lowest BCUT2D eigenvalue weighted by molar-refractivity contribution is -0.117. The number of hydrogen-bond acceptors (Lipinski definition) is 4. The molecule has 1 fully saturated rings. The highest BCUT2D eigenvalue weighted by Crippen LogP contribution is 2.29. The molecule has 2 aromatic carbocycles. The fourth-order valence-corrected chi connectivity index (χ4v) is 4.65. The Morgan fingerprint density at radius 3 is 2.32 bits per heavy atom. The number of carbonyl (C=O) groups is 1. The first-order valence-electron chi connectivity index (χ1n) is 8.49. The zero-order chi connectivity index (χ0) is 20.3. The van der Waals surface area contributed by atoms with E-state index in [1.54, 1.807) is 18.2 Å². The molecule has 1 aliphatic heterocycles. The predicted molar refractivity (Wildman–Crippen MR) is 107 cm³/mol. The van der Waals surface area contributed by atoms with E-state index in [0.717, 1.165) is 12.1 Å². The molecule has 150 valence electrons. The maximum atomic E-state index is 13.0. The van der Waals surface area contributed by atoms with E-state index < -0.39 is 15.8 Å². The van der Waals surface area contributed by atoms with Gasteiger partial charge in [-0.25, -0.2) is 12.8 Å². The van der Waals surface area contributed by atoms with Gasteiger partial charge in [0.15, 0.2) is 0 Å². The van der Waals surface area contributed by atoms with Crippen molar-refractivity contribution in [2.75, 3.05) is 38.0 Å². The molecule has 1 N–H and O–H groups in total. The first-order valence-corrected chi connectivity index (χ1v) is 10.7. The van der Waals surface area contributed by atoms with Crippen LogP contribution in [-0.2, 0) is 14.8 Å². The molecule has 28 heavy (non-hydrogen) atoms. The summed E-state index contributed by atoms with van der Waals surface area (Å²) < 4.78 is 39.6. The SMILES string of the molecule is O=C(CN1CCN(S(=O)(=O)c2ccc(F)cc2)CC1)Nc1cccc(Cl)c1Cl. The first kappa shape index (κ1) is 21.0. The molecule has 0 radical (unpaired) electrons. The third kappa shape index (κ3) is 4.82. The second-order valence-corrected chi connectivity index (χ2v) is 9.01. The number of benzene rings is 2. The van der Waals surface area contributed by atoms with E-state index in [1.165, 1.54) is 16.4 Å². The lowest BCUT2D eigenvalue weighted by Gasteiger charge is -2.33. The number of halogens is 3. The third-order valence-corrected chi connectivity index (χ3v) is 7.11. The quantitative estimate of drug-likeness (QED) is 0.767. The minimum Gasteiger partial charge on any atom is -0.324 e. The molecule has 0 atom stereocenters. The van der Waals surface area contributed by atoms with Gasteiger partial charge in [0.2, 0.25) is 15.9 Å². The van der Waals surface area contributed by atoms with E-state index in [9.17, 15) is 17.6 Å². The highest BCUT2D eigenvalue weighted by Gasteiger charge is 2.29. The van der Waals surface area contributed by atoms with E-state index in [-0.39, 0.29) is 35.5 Å². The largest absolute Gasteiger partial charge is 0.324 e. The van der Waals surface area contributed by atoms with Gasteiger partial charge in [-0.05, 0) is 36.4 Å². The van der Waals surface area contributed by atoms with Crippen LogP contribution >= 0.6 is 23.2 Å².